The van der Waals surface area contributed by atoms with Gasteiger partial charge < -0.3 is 24.7 Å². The largest absolute Gasteiger partial charge is 0.497 e. The van der Waals surface area contributed by atoms with E-state index in [9.17, 15) is 14.4 Å². The zero-order chi connectivity index (χ0) is 44.1. The van der Waals surface area contributed by atoms with Gasteiger partial charge in [-0.05, 0) is 69.6 Å². The van der Waals surface area contributed by atoms with Crippen LogP contribution in [0.25, 0.3) is 11.1 Å². The molecule has 1 aliphatic carbocycles. The first-order chi connectivity index (χ1) is 30.8. The number of methoxy groups -OCH3 is 2. The van der Waals surface area contributed by atoms with Crippen molar-refractivity contribution in [1.82, 2.24) is 10.4 Å². The predicted octanol–water partition coefficient (Wildman–Crippen LogP) is 9.25. The standard InChI is InChI=1S/C52H54N4O7/c1-4-5-24-46(53)48(57)33-56(51(37-16-8-6-9-17-37)38-18-10-7-11-19-38)54-50(58)35-62-39-27-25-36(26-28-39)32-55(47-30-29-40(60-2)31-49(47)61-3)52(59)63-34-45-43-22-14-12-20-41(43)42-21-13-15-23-44(42)45/h6-23,25-31,45-46,51H,4-5,24,32-35,53H2,1-3H3,(H,54,58)/t46-/m0/s1. The van der Waals surface area contributed by atoms with Crippen molar-refractivity contribution in [3.05, 3.63) is 179 Å². The lowest BCUT2D eigenvalue weighted by molar-refractivity contribution is -0.131. The second-order valence-electron chi connectivity index (χ2n) is 15.5. The molecular formula is C52H54N4O7. The minimum absolute atomic E-state index is 0.0983. The van der Waals surface area contributed by atoms with E-state index >= 15 is 0 Å². The number of benzene rings is 6. The van der Waals surface area contributed by atoms with E-state index in [1.807, 2.05) is 97.1 Å². The van der Waals surface area contributed by atoms with Crippen molar-refractivity contribution in [1.29, 1.82) is 0 Å². The molecular weight excluding hydrogens is 793 g/mol. The molecule has 0 aromatic heterocycles. The number of hydrogen-bond acceptors (Lipinski definition) is 9. The van der Waals surface area contributed by atoms with Gasteiger partial charge in [-0.3, -0.25) is 19.9 Å². The fourth-order valence-electron chi connectivity index (χ4n) is 8.03. The van der Waals surface area contributed by atoms with E-state index in [0.29, 0.717) is 29.4 Å². The number of carbonyl (C=O) groups excluding carboxylic acids is 3. The molecule has 0 radical (unpaired) electrons. The highest BCUT2D eigenvalue weighted by atomic mass is 16.6. The number of ketones is 1. The Morgan fingerprint density at radius 2 is 1.30 bits per heavy atom. The van der Waals surface area contributed by atoms with Crippen LogP contribution in [-0.2, 0) is 20.9 Å². The van der Waals surface area contributed by atoms with Gasteiger partial charge in [-0.25, -0.2) is 9.80 Å². The molecule has 0 spiro atoms. The Balaban J connectivity index is 1.06. The van der Waals surface area contributed by atoms with Gasteiger partial charge in [0.15, 0.2) is 12.4 Å². The third-order valence-corrected chi connectivity index (χ3v) is 11.3. The molecule has 0 aliphatic heterocycles. The number of rotatable bonds is 20. The Morgan fingerprint density at radius 3 is 1.89 bits per heavy atom. The molecule has 11 nitrogen and oxygen atoms in total. The van der Waals surface area contributed by atoms with E-state index in [0.717, 1.165) is 51.8 Å². The molecule has 0 saturated carbocycles. The molecule has 0 bridgehead atoms. The maximum atomic E-state index is 14.2. The first-order valence-electron chi connectivity index (χ1n) is 21.3. The van der Waals surface area contributed by atoms with E-state index in [1.165, 1.54) is 4.90 Å². The fraction of sp³-hybridized carbons (Fsp3) is 0.250. The molecule has 63 heavy (non-hydrogen) atoms. The van der Waals surface area contributed by atoms with E-state index in [-0.39, 0.29) is 38.0 Å². The summed E-state index contributed by atoms with van der Waals surface area (Å²) in [5.41, 5.74) is 16.9. The number of ether oxygens (including phenoxy) is 4. The van der Waals surface area contributed by atoms with Gasteiger partial charge in [-0.15, -0.1) is 0 Å². The monoisotopic (exact) mass is 846 g/mol. The van der Waals surface area contributed by atoms with Crippen LogP contribution in [0.4, 0.5) is 10.5 Å². The quantitative estimate of drug-likeness (QED) is 0.0722. The molecule has 3 N–H and O–H groups in total. The summed E-state index contributed by atoms with van der Waals surface area (Å²) in [6, 6.07) is 47.1. The number of nitrogens with zero attached hydrogens (tertiary/aromatic N) is 2. The van der Waals surface area contributed by atoms with Crippen molar-refractivity contribution < 1.29 is 33.3 Å². The Labute approximate surface area is 369 Å². The number of carbonyl (C=O) groups is 3. The second kappa shape index (κ2) is 21.2. The molecule has 6 aromatic rings. The highest BCUT2D eigenvalue weighted by Gasteiger charge is 2.31. The Hall–Kier alpha value is -6.95. The molecule has 0 fully saturated rings. The number of unbranched alkanes of at least 4 members (excludes halogenated alkanes) is 1. The van der Waals surface area contributed by atoms with Gasteiger partial charge in [0.25, 0.3) is 5.91 Å². The van der Waals surface area contributed by atoms with Crippen molar-refractivity contribution >= 4 is 23.5 Å². The van der Waals surface area contributed by atoms with Crippen LogP contribution in [0, 0.1) is 0 Å². The Morgan fingerprint density at radius 1 is 0.714 bits per heavy atom. The molecule has 324 valence electrons. The zero-order valence-corrected chi connectivity index (χ0v) is 35.9. The van der Waals surface area contributed by atoms with Crippen LogP contribution in [0.5, 0.6) is 17.2 Å². The molecule has 0 unspecified atom stereocenters. The Kier molecular flexibility index (Phi) is 14.9. The van der Waals surface area contributed by atoms with E-state index in [1.54, 1.807) is 49.6 Å². The van der Waals surface area contributed by atoms with Gasteiger partial charge in [0.1, 0.15) is 23.9 Å². The smallest absolute Gasteiger partial charge is 0.414 e. The normalized spacial score (nSPS) is 12.3. The molecule has 1 aliphatic rings. The lowest BCUT2D eigenvalue weighted by Crippen LogP contribution is -2.51. The van der Waals surface area contributed by atoms with Gasteiger partial charge in [0, 0.05) is 12.0 Å². The topological polar surface area (TPSA) is 133 Å². The third kappa shape index (κ3) is 10.7. The van der Waals surface area contributed by atoms with E-state index in [4.69, 9.17) is 24.7 Å². The summed E-state index contributed by atoms with van der Waals surface area (Å²) in [4.78, 5) is 42.9. The van der Waals surface area contributed by atoms with Crippen LogP contribution in [0.2, 0.25) is 0 Å². The zero-order valence-electron chi connectivity index (χ0n) is 35.9. The number of Topliss-reactive ketones (excluding diaryl/α,β-unsaturated/α-hetero) is 1. The summed E-state index contributed by atoms with van der Waals surface area (Å²) in [5.74, 6) is 0.725. The average Bonchev–Trinajstić information content (AvgIpc) is 3.65. The van der Waals surface area contributed by atoms with Crippen LogP contribution in [0.15, 0.2) is 152 Å². The van der Waals surface area contributed by atoms with Gasteiger partial charge in [0.2, 0.25) is 0 Å². The predicted molar refractivity (Wildman–Crippen MR) is 245 cm³/mol. The van der Waals surface area contributed by atoms with Gasteiger partial charge in [0.05, 0.1) is 45.1 Å². The molecule has 0 saturated heterocycles. The minimum Gasteiger partial charge on any atom is -0.497 e. The maximum Gasteiger partial charge on any atom is 0.414 e. The molecule has 6 aromatic carbocycles. The molecule has 2 amide bonds. The van der Waals surface area contributed by atoms with Gasteiger partial charge in [-0.1, -0.05) is 141 Å². The van der Waals surface area contributed by atoms with Crippen LogP contribution < -0.4 is 30.3 Å². The third-order valence-electron chi connectivity index (χ3n) is 11.3. The van der Waals surface area contributed by atoms with Crippen LogP contribution in [0.1, 0.15) is 66.0 Å². The van der Waals surface area contributed by atoms with Crippen molar-refractivity contribution in [3.63, 3.8) is 0 Å². The first kappa shape index (κ1) is 44.1. The highest BCUT2D eigenvalue weighted by Crippen LogP contribution is 2.45. The number of hydrazine groups is 1. The maximum absolute atomic E-state index is 14.2. The van der Waals surface area contributed by atoms with Crippen molar-refractivity contribution in [3.8, 4) is 28.4 Å². The van der Waals surface area contributed by atoms with Crippen molar-refractivity contribution in [2.24, 2.45) is 5.73 Å². The summed E-state index contributed by atoms with van der Waals surface area (Å²) in [7, 11) is 3.11. The number of fused-ring (bicyclic) bond motifs is 3. The molecule has 0 heterocycles. The SMILES string of the molecule is CCCC[C@H](N)C(=O)CN(NC(=O)COc1ccc(CN(C(=O)OCC2c3ccccc3-c3ccccc32)c2ccc(OC)cc2OC)cc1)C(c1ccccc1)c1ccccc1. The van der Waals surface area contributed by atoms with Crippen molar-refractivity contribution in [2.45, 2.75) is 50.7 Å². The van der Waals surface area contributed by atoms with E-state index in [2.05, 4.69) is 36.6 Å². The summed E-state index contributed by atoms with van der Waals surface area (Å²) >= 11 is 0. The second-order valence-corrected chi connectivity index (χ2v) is 15.5. The van der Waals surface area contributed by atoms with Gasteiger partial charge >= 0.3 is 6.09 Å². The lowest BCUT2D eigenvalue weighted by atomic mass is 9.97. The highest BCUT2D eigenvalue weighted by molar-refractivity contribution is 5.90. The summed E-state index contributed by atoms with van der Waals surface area (Å²) in [6.45, 7) is 1.92. The number of hydrogen-bond donors (Lipinski definition) is 2. The lowest BCUT2D eigenvalue weighted by Gasteiger charge is -2.33. The van der Waals surface area contributed by atoms with Crippen LogP contribution in [0.3, 0.4) is 0 Å². The van der Waals surface area contributed by atoms with Crippen LogP contribution >= 0.6 is 0 Å². The number of nitrogens with two attached hydrogens (primary N) is 1. The average molecular weight is 847 g/mol. The van der Waals surface area contributed by atoms with Crippen LogP contribution in [-0.4, -0.2) is 62.8 Å². The number of anilines is 1. The summed E-state index contributed by atoms with van der Waals surface area (Å²) in [6.07, 6.45) is 1.77. The van der Waals surface area contributed by atoms with E-state index < -0.39 is 24.1 Å². The van der Waals surface area contributed by atoms with Crippen molar-refractivity contribution in [2.75, 3.05) is 38.9 Å². The molecule has 7 rings (SSSR count). The fourth-order valence-corrected chi connectivity index (χ4v) is 8.03. The van der Waals surface area contributed by atoms with Gasteiger partial charge in [-0.2, -0.15) is 0 Å². The minimum atomic E-state index is -0.655. The summed E-state index contributed by atoms with van der Waals surface area (Å²) in [5, 5.41) is 1.65. The number of amides is 2. The summed E-state index contributed by atoms with van der Waals surface area (Å²) < 4.78 is 23.3. The first-order valence-corrected chi connectivity index (χ1v) is 21.3. The number of nitrogens with one attached hydrogen (secondary N) is 1. The molecule has 11 heteroatoms. The Bertz CT molecular complexity index is 2380. The molecule has 1 atom stereocenters.